The van der Waals surface area contributed by atoms with Crippen LogP contribution in [0.25, 0.3) is 5.69 Å². The largest absolute Gasteiger partial charge is 0.325 e. The maximum absolute atomic E-state index is 14.1. The van der Waals surface area contributed by atoms with Crippen molar-refractivity contribution in [1.29, 1.82) is 0 Å². The Morgan fingerprint density at radius 2 is 2.00 bits per heavy atom. The predicted molar refractivity (Wildman–Crippen MR) is 99.1 cm³/mol. The van der Waals surface area contributed by atoms with Crippen LogP contribution in [0.4, 0.5) is 10.1 Å². The first kappa shape index (κ1) is 18.1. The Balaban J connectivity index is 1.70. The summed E-state index contributed by atoms with van der Waals surface area (Å²) in [6, 6.07) is 10.4. The molecule has 0 atom stereocenters. The average molecular weight is 371 g/mol. The number of anilines is 1. The van der Waals surface area contributed by atoms with Crippen LogP contribution in [-0.4, -0.2) is 31.9 Å². The normalized spacial score (nSPS) is 10.8. The van der Waals surface area contributed by atoms with Crippen LogP contribution < -0.4 is 5.32 Å². The van der Waals surface area contributed by atoms with Gasteiger partial charge in [0.25, 0.3) is 0 Å². The van der Waals surface area contributed by atoms with E-state index >= 15 is 0 Å². The fraction of sp³-hybridized carbons (Fsp3) is 0.222. The van der Waals surface area contributed by atoms with Crippen LogP contribution in [0.2, 0.25) is 0 Å². The Hall–Kier alpha value is -2.74. The molecule has 1 aromatic heterocycles. The SMILES string of the molecule is Cc1ccc(C)c(SCC(=O)Nc2ccc(F)c(-n3nnnc3C)c2)c1. The molecule has 3 aromatic rings. The quantitative estimate of drug-likeness (QED) is 0.696. The summed E-state index contributed by atoms with van der Waals surface area (Å²) in [7, 11) is 0. The van der Waals surface area contributed by atoms with Gasteiger partial charge in [-0.25, -0.2) is 4.39 Å². The van der Waals surface area contributed by atoms with Gasteiger partial charge in [0.15, 0.2) is 5.82 Å². The fourth-order valence-corrected chi connectivity index (χ4v) is 3.33. The molecule has 134 valence electrons. The molecule has 3 rings (SSSR count). The van der Waals surface area contributed by atoms with Crippen LogP contribution in [0, 0.1) is 26.6 Å². The fourth-order valence-electron chi connectivity index (χ4n) is 2.41. The molecule has 0 aliphatic heterocycles. The lowest BCUT2D eigenvalue weighted by Gasteiger charge is -2.10. The minimum Gasteiger partial charge on any atom is -0.325 e. The summed E-state index contributed by atoms with van der Waals surface area (Å²) in [5, 5.41) is 13.8. The third kappa shape index (κ3) is 4.08. The zero-order valence-electron chi connectivity index (χ0n) is 14.7. The smallest absolute Gasteiger partial charge is 0.234 e. The molecule has 0 saturated carbocycles. The van der Waals surface area contributed by atoms with E-state index in [9.17, 15) is 9.18 Å². The molecule has 8 heteroatoms. The molecule has 0 saturated heterocycles. The number of amides is 1. The molecule has 1 heterocycles. The van der Waals surface area contributed by atoms with Crippen molar-refractivity contribution >= 4 is 23.4 Å². The van der Waals surface area contributed by atoms with Crippen molar-refractivity contribution in [2.75, 3.05) is 11.1 Å². The topological polar surface area (TPSA) is 72.7 Å². The Bertz CT molecular complexity index is 957. The number of thioether (sulfide) groups is 1. The molecule has 0 bridgehead atoms. The van der Waals surface area contributed by atoms with E-state index in [0.717, 1.165) is 16.0 Å². The van der Waals surface area contributed by atoms with Gasteiger partial charge in [0.05, 0.1) is 5.75 Å². The summed E-state index contributed by atoms with van der Waals surface area (Å²) in [5.74, 6) is 0.0869. The van der Waals surface area contributed by atoms with Crippen molar-refractivity contribution in [3.05, 3.63) is 59.2 Å². The third-order valence-corrected chi connectivity index (χ3v) is 4.94. The number of carbonyl (C=O) groups excluding carboxylic acids is 1. The standard InChI is InChI=1S/C18H18FN5OS/c1-11-4-5-12(2)17(8-11)26-10-18(25)20-14-6-7-15(19)16(9-14)24-13(3)21-22-23-24/h4-9H,10H2,1-3H3,(H,20,25). The van der Waals surface area contributed by atoms with Crippen molar-refractivity contribution in [1.82, 2.24) is 20.2 Å². The van der Waals surface area contributed by atoms with Crippen molar-refractivity contribution < 1.29 is 9.18 Å². The molecule has 1 amide bonds. The molecule has 0 fully saturated rings. The number of nitrogens with one attached hydrogen (secondary N) is 1. The van der Waals surface area contributed by atoms with Crippen LogP contribution in [-0.2, 0) is 4.79 Å². The number of tetrazole rings is 1. The van der Waals surface area contributed by atoms with Gasteiger partial charge in [0.2, 0.25) is 5.91 Å². The second-order valence-corrected chi connectivity index (χ2v) is 6.93. The van der Waals surface area contributed by atoms with Crippen LogP contribution in [0.15, 0.2) is 41.3 Å². The molecule has 1 N–H and O–H groups in total. The van der Waals surface area contributed by atoms with Gasteiger partial charge < -0.3 is 5.32 Å². The van der Waals surface area contributed by atoms with E-state index < -0.39 is 5.82 Å². The summed E-state index contributed by atoms with van der Waals surface area (Å²) in [5.41, 5.74) is 2.96. The van der Waals surface area contributed by atoms with E-state index in [1.54, 1.807) is 6.92 Å². The van der Waals surface area contributed by atoms with Gasteiger partial charge in [0, 0.05) is 10.6 Å². The molecule has 0 unspecified atom stereocenters. The van der Waals surface area contributed by atoms with Crippen molar-refractivity contribution in [2.24, 2.45) is 0 Å². The van der Waals surface area contributed by atoms with Gasteiger partial charge in [-0.05, 0) is 61.0 Å². The number of benzene rings is 2. The molecule has 0 radical (unpaired) electrons. The Morgan fingerprint density at radius 3 is 2.73 bits per heavy atom. The van der Waals surface area contributed by atoms with Crippen LogP contribution in [0.3, 0.4) is 0 Å². The van der Waals surface area contributed by atoms with Crippen molar-refractivity contribution in [3.8, 4) is 5.69 Å². The lowest BCUT2D eigenvalue weighted by Crippen LogP contribution is -2.15. The lowest BCUT2D eigenvalue weighted by molar-refractivity contribution is -0.113. The molecular formula is C18H18FN5OS. The Labute approximate surface area is 154 Å². The molecule has 0 aliphatic carbocycles. The van der Waals surface area contributed by atoms with Gasteiger partial charge in [-0.2, -0.15) is 4.68 Å². The van der Waals surface area contributed by atoms with Crippen molar-refractivity contribution in [3.63, 3.8) is 0 Å². The minimum absolute atomic E-state index is 0.165. The summed E-state index contributed by atoms with van der Waals surface area (Å²) in [6.45, 7) is 5.70. The number of halogens is 1. The van der Waals surface area contributed by atoms with E-state index in [1.165, 1.54) is 34.6 Å². The van der Waals surface area contributed by atoms with Crippen LogP contribution in [0.1, 0.15) is 17.0 Å². The molecule has 0 aliphatic rings. The highest BCUT2D eigenvalue weighted by Gasteiger charge is 2.12. The second kappa shape index (κ2) is 7.65. The van der Waals surface area contributed by atoms with Gasteiger partial charge in [-0.3, -0.25) is 4.79 Å². The lowest BCUT2D eigenvalue weighted by atomic mass is 10.2. The number of hydrogen-bond donors (Lipinski definition) is 1. The van der Waals surface area contributed by atoms with E-state index in [-0.39, 0.29) is 17.3 Å². The highest BCUT2D eigenvalue weighted by Crippen LogP contribution is 2.24. The van der Waals surface area contributed by atoms with E-state index in [1.807, 2.05) is 26.0 Å². The first-order chi connectivity index (χ1) is 12.4. The molecule has 0 spiro atoms. The monoisotopic (exact) mass is 371 g/mol. The Morgan fingerprint density at radius 1 is 1.19 bits per heavy atom. The highest BCUT2D eigenvalue weighted by atomic mass is 32.2. The second-order valence-electron chi connectivity index (χ2n) is 5.91. The number of rotatable bonds is 5. The van der Waals surface area contributed by atoms with Crippen LogP contribution >= 0.6 is 11.8 Å². The molecular weight excluding hydrogens is 353 g/mol. The minimum atomic E-state index is -0.469. The highest BCUT2D eigenvalue weighted by molar-refractivity contribution is 8.00. The van der Waals surface area contributed by atoms with Gasteiger partial charge in [-0.1, -0.05) is 17.7 Å². The maximum Gasteiger partial charge on any atom is 0.234 e. The first-order valence-corrected chi connectivity index (χ1v) is 8.97. The Kier molecular flexibility index (Phi) is 5.32. The van der Waals surface area contributed by atoms with E-state index in [0.29, 0.717) is 11.5 Å². The van der Waals surface area contributed by atoms with E-state index in [2.05, 4.69) is 26.9 Å². The summed E-state index contributed by atoms with van der Waals surface area (Å²) >= 11 is 1.47. The predicted octanol–water partition coefficient (Wildman–Crippen LogP) is 3.46. The number of aryl methyl sites for hydroxylation is 3. The molecule has 2 aromatic carbocycles. The molecule has 6 nitrogen and oxygen atoms in total. The van der Waals surface area contributed by atoms with Crippen molar-refractivity contribution in [2.45, 2.75) is 25.7 Å². The zero-order chi connectivity index (χ0) is 18.7. The van der Waals surface area contributed by atoms with Gasteiger partial charge in [-0.15, -0.1) is 16.9 Å². The summed E-state index contributed by atoms with van der Waals surface area (Å²) < 4.78 is 15.4. The van der Waals surface area contributed by atoms with E-state index in [4.69, 9.17) is 0 Å². The number of carbonyl (C=O) groups is 1. The zero-order valence-corrected chi connectivity index (χ0v) is 15.5. The molecule has 26 heavy (non-hydrogen) atoms. The average Bonchev–Trinajstić information content (AvgIpc) is 3.03. The van der Waals surface area contributed by atoms with Gasteiger partial charge in [0.1, 0.15) is 11.5 Å². The number of hydrogen-bond acceptors (Lipinski definition) is 5. The first-order valence-electron chi connectivity index (χ1n) is 7.99. The number of nitrogens with zero attached hydrogens (tertiary/aromatic N) is 4. The summed E-state index contributed by atoms with van der Waals surface area (Å²) in [6.07, 6.45) is 0. The number of aromatic nitrogens is 4. The van der Waals surface area contributed by atoms with Crippen LogP contribution in [0.5, 0.6) is 0 Å². The third-order valence-electron chi connectivity index (χ3n) is 3.79. The van der Waals surface area contributed by atoms with Gasteiger partial charge >= 0.3 is 0 Å². The summed E-state index contributed by atoms with van der Waals surface area (Å²) in [4.78, 5) is 13.3. The maximum atomic E-state index is 14.1.